The van der Waals surface area contributed by atoms with Gasteiger partial charge >= 0.3 is 0 Å². The third-order valence-electron chi connectivity index (χ3n) is 3.60. The number of fused-ring (bicyclic) bond motifs is 1. The van der Waals surface area contributed by atoms with Crippen molar-refractivity contribution in [2.45, 2.75) is 40.2 Å². The van der Waals surface area contributed by atoms with Crippen molar-refractivity contribution in [2.75, 3.05) is 0 Å². The average molecular weight is 176 g/mol. The minimum Gasteiger partial charge on any atom is -0.388 e. The fourth-order valence-corrected chi connectivity index (χ4v) is 2.30. The summed E-state index contributed by atoms with van der Waals surface area (Å²) in [4.78, 5) is 0. The second-order valence-electron chi connectivity index (χ2n) is 4.11. The first-order valence-electron chi connectivity index (χ1n) is 4.81. The second-order valence-corrected chi connectivity index (χ2v) is 4.11. The smallest absolute Gasteiger partial charge is 0.0836 e. The predicted molar refractivity (Wildman–Crippen MR) is 54.1 cm³/mol. The number of hydrogen-bond donors (Lipinski definition) is 1. The molecule has 1 nitrogen and oxygen atoms in total. The third kappa shape index (κ3) is 0.969. The van der Waals surface area contributed by atoms with E-state index in [-0.39, 0.29) is 6.10 Å². The van der Waals surface area contributed by atoms with Crippen molar-refractivity contribution in [3.8, 4) is 0 Å². The molecule has 1 aromatic carbocycles. The molecular weight excluding hydrogens is 160 g/mol. The highest BCUT2D eigenvalue weighted by atomic mass is 16.3. The molecule has 1 heteroatoms. The minimum absolute atomic E-state index is 0.201. The normalized spacial score (nSPS) is 19.6. The van der Waals surface area contributed by atoms with Gasteiger partial charge in [-0.3, -0.25) is 0 Å². The van der Waals surface area contributed by atoms with Gasteiger partial charge in [-0.15, -0.1) is 0 Å². The zero-order chi connectivity index (χ0) is 9.75. The molecule has 1 aromatic rings. The van der Waals surface area contributed by atoms with E-state index in [0.29, 0.717) is 0 Å². The van der Waals surface area contributed by atoms with Crippen molar-refractivity contribution in [3.05, 3.63) is 33.4 Å². The Hall–Kier alpha value is -0.820. The van der Waals surface area contributed by atoms with Gasteiger partial charge in [0.1, 0.15) is 0 Å². The van der Waals surface area contributed by atoms with Gasteiger partial charge in [0.05, 0.1) is 6.10 Å². The molecule has 0 spiro atoms. The predicted octanol–water partition coefficient (Wildman–Crippen LogP) is 2.51. The number of rotatable bonds is 0. The topological polar surface area (TPSA) is 20.2 Å². The molecule has 0 saturated heterocycles. The Morgan fingerprint density at radius 2 is 1.46 bits per heavy atom. The lowest BCUT2D eigenvalue weighted by molar-refractivity contribution is 0.152. The van der Waals surface area contributed by atoms with E-state index in [2.05, 4.69) is 27.7 Å². The molecule has 0 heterocycles. The molecule has 1 N–H and O–H groups in total. The molecule has 70 valence electrons. The fraction of sp³-hybridized carbons (Fsp3) is 0.500. The lowest BCUT2D eigenvalue weighted by Crippen LogP contribution is -2.21. The largest absolute Gasteiger partial charge is 0.388 e. The van der Waals surface area contributed by atoms with Crippen LogP contribution in [0.1, 0.15) is 39.5 Å². The molecule has 1 atom stereocenters. The SMILES string of the molecule is Cc1c(C)c(C)c2c(c1C)C[C@@H]2O. The van der Waals surface area contributed by atoms with Gasteiger partial charge in [0, 0.05) is 6.42 Å². The van der Waals surface area contributed by atoms with Gasteiger partial charge in [-0.05, 0) is 61.1 Å². The second kappa shape index (κ2) is 2.58. The lowest BCUT2D eigenvalue weighted by atomic mass is 9.76. The van der Waals surface area contributed by atoms with Crippen LogP contribution in [0.15, 0.2) is 0 Å². The van der Waals surface area contributed by atoms with Crippen LogP contribution in [0, 0.1) is 27.7 Å². The molecule has 0 unspecified atom stereocenters. The zero-order valence-corrected chi connectivity index (χ0v) is 8.73. The summed E-state index contributed by atoms with van der Waals surface area (Å²) < 4.78 is 0. The van der Waals surface area contributed by atoms with E-state index in [1.165, 1.54) is 33.4 Å². The number of aliphatic hydroxyl groups is 1. The van der Waals surface area contributed by atoms with E-state index in [9.17, 15) is 5.11 Å². The summed E-state index contributed by atoms with van der Waals surface area (Å²) in [5.74, 6) is 0. The summed E-state index contributed by atoms with van der Waals surface area (Å²) in [6.07, 6.45) is 0.649. The third-order valence-corrected chi connectivity index (χ3v) is 3.60. The van der Waals surface area contributed by atoms with Gasteiger partial charge in [-0.2, -0.15) is 0 Å². The molecule has 13 heavy (non-hydrogen) atoms. The summed E-state index contributed by atoms with van der Waals surface area (Å²) in [5.41, 5.74) is 7.98. The first-order valence-corrected chi connectivity index (χ1v) is 4.81. The highest BCUT2D eigenvalue weighted by molar-refractivity contribution is 5.55. The molecule has 1 aliphatic carbocycles. The lowest BCUT2D eigenvalue weighted by Gasteiger charge is -2.32. The summed E-state index contributed by atoms with van der Waals surface area (Å²) in [6, 6.07) is 0. The molecule has 0 radical (unpaired) electrons. The molecule has 0 bridgehead atoms. The summed E-state index contributed by atoms with van der Waals surface area (Å²) in [5, 5.41) is 9.62. The molecule has 2 rings (SSSR count). The highest BCUT2D eigenvalue weighted by Gasteiger charge is 2.29. The number of benzene rings is 1. The first kappa shape index (κ1) is 8.76. The van der Waals surface area contributed by atoms with Crippen molar-refractivity contribution in [1.29, 1.82) is 0 Å². The van der Waals surface area contributed by atoms with Crippen LogP contribution >= 0.6 is 0 Å². The standard InChI is InChI=1S/C12H16O/c1-6-7(2)9(4)12-10(8(6)3)5-11(12)13/h11,13H,5H2,1-4H3/t11-/m0/s1. The molecule has 0 fully saturated rings. The first-order chi connectivity index (χ1) is 6.04. The monoisotopic (exact) mass is 176 g/mol. The maximum atomic E-state index is 9.62. The maximum absolute atomic E-state index is 9.62. The highest BCUT2D eigenvalue weighted by Crippen LogP contribution is 2.40. The van der Waals surface area contributed by atoms with Crippen LogP contribution in [0.3, 0.4) is 0 Å². The molecule has 0 aliphatic heterocycles. The van der Waals surface area contributed by atoms with Crippen molar-refractivity contribution in [3.63, 3.8) is 0 Å². The molecule has 1 aliphatic rings. The average Bonchev–Trinajstić information content (AvgIpc) is 2.08. The van der Waals surface area contributed by atoms with E-state index in [4.69, 9.17) is 0 Å². The number of aliphatic hydroxyl groups excluding tert-OH is 1. The van der Waals surface area contributed by atoms with Crippen LogP contribution in [-0.2, 0) is 6.42 Å². The Morgan fingerprint density at radius 1 is 0.923 bits per heavy atom. The number of hydrogen-bond acceptors (Lipinski definition) is 1. The van der Waals surface area contributed by atoms with Crippen LogP contribution in [0.2, 0.25) is 0 Å². The Kier molecular flexibility index (Phi) is 1.74. The van der Waals surface area contributed by atoms with Gasteiger partial charge in [-0.25, -0.2) is 0 Å². The summed E-state index contributed by atoms with van der Waals surface area (Å²) >= 11 is 0. The molecule has 0 aromatic heterocycles. The fourth-order valence-electron chi connectivity index (χ4n) is 2.30. The molecular formula is C12H16O. The van der Waals surface area contributed by atoms with E-state index in [1.54, 1.807) is 0 Å². The van der Waals surface area contributed by atoms with Gasteiger partial charge in [0.25, 0.3) is 0 Å². The van der Waals surface area contributed by atoms with Gasteiger partial charge in [0.15, 0.2) is 0 Å². The Morgan fingerprint density at radius 3 is 2.00 bits per heavy atom. The van der Waals surface area contributed by atoms with Crippen LogP contribution in [0.4, 0.5) is 0 Å². The van der Waals surface area contributed by atoms with Crippen molar-refractivity contribution >= 4 is 0 Å². The Balaban J connectivity index is 2.75. The van der Waals surface area contributed by atoms with E-state index in [0.717, 1.165) is 6.42 Å². The van der Waals surface area contributed by atoms with Crippen molar-refractivity contribution in [1.82, 2.24) is 0 Å². The van der Waals surface area contributed by atoms with E-state index < -0.39 is 0 Å². The van der Waals surface area contributed by atoms with Gasteiger partial charge in [-0.1, -0.05) is 0 Å². The Labute approximate surface area is 79.4 Å². The summed E-state index contributed by atoms with van der Waals surface area (Å²) in [6.45, 7) is 8.58. The van der Waals surface area contributed by atoms with Crippen LogP contribution < -0.4 is 0 Å². The van der Waals surface area contributed by atoms with Gasteiger partial charge < -0.3 is 5.11 Å². The quantitative estimate of drug-likeness (QED) is 0.644. The minimum atomic E-state index is -0.201. The molecule has 0 saturated carbocycles. The van der Waals surface area contributed by atoms with Crippen molar-refractivity contribution < 1.29 is 5.11 Å². The Bertz CT molecular complexity index is 354. The maximum Gasteiger partial charge on any atom is 0.0836 e. The van der Waals surface area contributed by atoms with Crippen LogP contribution in [0.25, 0.3) is 0 Å². The van der Waals surface area contributed by atoms with E-state index >= 15 is 0 Å². The van der Waals surface area contributed by atoms with E-state index in [1.807, 2.05) is 0 Å². The summed E-state index contributed by atoms with van der Waals surface area (Å²) in [7, 11) is 0. The van der Waals surface area contributed by atoms with Gasteiger partial charge in [0.2, 0.25) is 0 Å². The van der Waals surface area contributed by atoms with Crippen molar-refractivity contribution in [2.24, 2.45) is 0 Å². The molecule has 0 amide bonds. The zero-order valence-electron chi connectivity index (χ0n) is 8.73. The van der Waals surface area contributed by atoms with Crippen LogP contribution in [-0.4, -0.2) is 5.11 Å². The van der Waals surface area contributed by atoms with Crippen LogP contribution in [0.5, 0.6) is 0 Å².